The summed E-state index contributed by atoms with van der Waals surface area (Å²) in [4.78, 5) is 29.9. The summed E-state index contributed by atoms with van der Waals surface area (Å²) in [7, 11) is 0. The molecule has 0 radical (unpaired) electrons. The number of likely N-dealkylation sites (tertiary alicyclic amines) is 1. The van der Waals surface area contributed by atoms with Crippen LogP contribution in [0.2, 0.25) is 0 Å². The third-order valence-electron chi connectivity index (χ3n) is 4.21. The predicted molar refractivity (Wildman–Crippen MR) is 90.4 cm³/mol. The Kier molecular flexibility index (Phi) is 4.33. The summed E-state index contributed by atoms with van der Waals surface area (Å²) in [5.74, 6) is -0.936. The minimum Gasteiger partial charge on any atom is -0.478 e. The maximum Gasteiger partial charge on any atom is 0.337 e. The van der Waals surface area contributed by atoms with Gasteiger partial charge in [-0.2, -0.15) is 0 Å². The lowest BCUT2D eigenvalue weighted by atomic mass is 9.78. The number of carboxylic acids is 1. The molecule has 1 heterocycles. The molecule has 0 unspecified atom stereocenters. The molecule has 23 heavy (non-hydrogen) atoms. The Morgan fingerprint density at radius 2 is 1.61 bits per heavy atom. The summed E-state index contributed by atoms with van der Waals surface area (Å²) >= 11 is 0. The van der Waals surface area contributed by atoms with Crippen LogP contribution in [0.1, 0.15) is 57.8 Å². The van der Waals surface area contributed by atoms with Gasteiger partial charge in [0.15, 0.2) is 0 Å². The van der Waals surface area contributed by atoms with Crippen LogP contribution in [-0.2, 0) is 4.79 Å². The lowest BCUT2D eigenvalue weighted by Crippen LogP contribution is -2.62. The molecule has 1 aliphatic heterocycles. The number of aromatic carboxylic acids is 1. The van der Waals surface area contributed by atoms with Crippen molar-refractivity contribution in [2.75, 3.05) is 0 Å². The maximum absolute atomic E-state index is 12.0. The van der Waals surface area contributed by atoms with E-state index in [9.17, 15) is 14.7 Å². The van der Waals surface area contributed by atoms with E-state index in [1.807, 2.05) is 32.6 Å². The molecule has 1 aromatic carbocycles. The van der Waals surface area contributed by atoms with E-state index in [2.05, 4.69) is 4.99 Å². The largest absolute Gasteiger partial charge is 0.478 e. The monoisotopic (exact) mass is 316 g/mol. The molecule has 0 saturated carbocycles. The van der Waals surface area contributed by atoms with E-state index in [1.165, 1.54) is 0 Å². The second kappa shape index (κ2) is 5.80. The lowest BCUT2D eigenvalue weighted by molar-refractivity contribution is -0.142. The zero-order chi connectivity index (χ0) is 17.4. The standard InChI is InChI=1S/C18H24N2O3/c1-12(21)20-17(2,3)10-13(11-18(20,4)5)19-15-9-7-6-8-14(15)16(22)23/h6-9H,10-11H2,1-5H3,(H,22,23). The number of benzene rings is 1. The van der Waals surface area contributed by atoms with Crippen molar-refractivity contribution in [3.63, 3.8) is 0 Å². The van der Waals surface area contributed by atoms with Gasteiger partial charge in [0, 0.05) is 36.6 Å². The molecule has 1 fully saturated rings. The van der Waals surface area contributed by atoms with Crippen LogP contribution in [0, 0.1) is 0 Å². The number of piperidine rings is 1. The van der Waals surface area contributed by atoms with Crippen LogP contribution < -0.4 is 0 Å². The molecular formula is C18H24N2O3. The molecule has 5 heteroatoms. The summed E-state index contributed by atoms with van der Waals surface area (Å²) in [5, 5.41) is 9.29. The third-order valence-corrected chi connectivity index (χ3v) is 4.21. The summed E-state index contributed by atoms with van der Waals surface area (Å²) in [6.45, 7) is 9.68. The molecular weight excluding hydrogens is 292 g/mol. The highest BCUT2D eigenvalue weighted by Gasteiger charge is 2.45. The third kappa shape index (κ3) is 3.44. The van der Waals surface area contributed by atoms with Crippen molar-refractivity contribution in [3.8, 4) is 0 Å². The van der Waals surface area contributed by atoms with E-state index in [0.717, 1.165) is 5.71 Å². The number of hydrogen-bond donors (Lipinski definition) is 1. The summed E-state index contributed by atoms with van der Waals surface area (Å²) in [6.07, 6.45) is 1.26. The van der Waals surface area contributed by atoms with E-state index in [1.54, 1.807) is 31.2 Å². The lowest BCUT2D eigenvalue weighted by Gasteiger charge is -2.52. The van der Waals surface area contributed by atoms with E-state index in [-0.39, 0.29) is 22.5 Å². The van der Waals surface area contributed by atoms with Crippen molar-refractivity contribution in [1.29, 1.82) is 0 Å². The molecule has 1 saturated heterocycles. The van der Waals surface area contributed by atoms with Gasteiger partial charge in [0.05, 0.1) is 11.3 Å². The first-order chi connectivity index (χ1) is 10.5. The first-order valence-corrected chi connectivity index (χ1v) is 7.74. The summed E-state index contributed by atoms with van der Waals surface area (Å²) < 4.78 is 0. The number of carboxylic acid groups (broad SMARTS) is 1. The van der Waals surface area contributed by atoms with Gasteiger partial charge in [0.25, 0.3) is 0 Å². The minimum atomic E-state index is -0.982. The van der Waals surface area contributed by atoms with Crippen molar-refractivity contribution in [1.82, 2.24) is 4.90 Å². The molecule has 1 N–H and O–H groups in total. The van der Waals surface area contributed by atoms with Crippen LogP contribution in [0.25, 0.3) is 0 Å². The summed E-state index contributed by atoms with van der Waals surface area (Å²) in [6, 6.07) is 6.75. The highest BCUT2D eigenvalue weighted by Crippen LogP contribution is 2.38. The van der Waals surface area contributed by atoms with Gasteiger partial charge in [-0.25, -0.2) is 4.79 Å². The van der Waals surface area contributed by atoms with Gasteiger partial charge in [-0.3, -0.25) is 9.79 Å². The van der Waals surface area contributed by atoms with Crippen LogP contribution in [0.4, 0.5) is 5.69 Å². The fourth-order valence-electron chi connectivity index (χ4n) is 3.89. The average molecular weight is 316 g/mol. The van der Waals surface area contributed by atoms with Crippen molar-refractivity contribution < 1.29 is 14.7 Å². The Labute approximate surface area is 137 Å². The normalized spacial score (nSPS) is 19.3. The van der Waals surface area contributed by atoms with Crippen molar-refractivity contribution in [3.05, 3.63) is 29.8 Å². The molecule has 0 aromatic heterocycles. The van der Waals surface area contributed by atoms with Gasteiger partial charge >= 0.3 is 5.97 Å². The van der Waals surface area contributed by atoms with E-state index in [0.29, 0.717) is 18.5 Å². The fourth-order valence-corrected chi connectivity index (χ4v) is 3.89. The second-order valence-corrected chi connectivity index (χ2v) is 7.33. The Balaban J connectivity index is 2.44. The molecule has 0 spiro atoms. The Bertz CT molecular complexity index is 655. The second-order valence-electron chi connectivity index (χ2n) is 7.33. The SMILES string of the molecule is CC(=O)N1C(C)(C)CC(=Nc2ccccc2C(=O)O)CC1(C)C. The van der Waals surface area contributed by atoms with Crippen LogP contribution in [0.3, 0.4) is 0 Å². The van der Waals surface area contributed by atoms with Crippen LogP contribution in [0.5, 0.6) is 0 Å². The molecule has 2 rings (SSSR count). The molecule has 0 aliphatic carbocycles. The van der Waals surface area contributed by atoms with Crippen molar-refractivity contribution in [2.45, 2.75) is 58.5 Å². The maximum atomic E-state index is 12.0. The molecule has 124 valence electrons. The first-order valence-electron chi connectivity index (χ1n) is 7.74. The molecule has 1 aliphatic rings. The van der Waals surface area contributed by atoms with Gasteiger partial charge in [0.1, 0.15) is 0 Å². The Morgan fingerprint density at radius 1 is 1.09 bits per heavy atom. The topological polar surface area (TPSA) is 70.0 Å². The van der Waals surface area contributed by atoms with Gasteiger partial charge in [-0.05, 0) is 39.8 Å². The number of para-hydroxylation sites is 1. The van der Waals surface area contributed by atoms with Crippen LogP contribution >= 0.6 is 0 Å². The first kappa shape index (κ1) is 17.2. The number of amides is 1. The van der Waals surface area contributed by atoms with Gasteiger partial charge in [-0.15, -0.1) is 0 Å². The number of hydrogen-bond acceptors (Lipinski definition) is 3. The average Bonchev–Trinajstić information content (AvgIpc) is 2.34. The van der Waals surface area contributed by atoms with Crippen LogP contribution in [-0.4, -0.2) is 38.7 Å². The van der Waals surface area contributed by atoms with E-state index in [4.69, 9.17) is 0 Å². The zero-order valence-corrected chi connectivity index (χ0v) is 14.4. The minimum absolute atomic E-state index is 0.0463. The van der Waals surface area contributed by atoms with Crippen molar-refractivity contribution in [2.24, 2.45) is 4.99 Å². The van der Waals surface area contributed by atoms with Gasteiger partial charge < -0.3 is 10.0 Å². The predicted octanol–water partition coefficient (Wildman–Crippen LogP) is 3.66. The van der Waals surface area contributed by atoms with E-state index < -0.39 is 5.97 Å². The van der Waals surface area contributed by atoms with Crippen LogP contribution in [0.15, 0.2) is 29.3 Å². The van der Waals surface area contributed by atoms with E-state index >= 15 is 0 Å². The number of carbonyl (C=O) groups is 2. The van der Waals surface area contributed by atoms with Crippen molar-refractivity contribution >= 4 is 23.3 Å². The molecule has 1 amide bonds. The molecule has 0 bridgehead atoms. The Hall–Kier alpha value is -2.17. The smallest absolute Gasteiger partial charge is 0.337 e. The molecule has 5 nitrogen and oxygen atoms in total. The number of aliphatic imine (C=N–C) groups is 1. The molecule has 0 atom stereocenters. The number of nitrogens with zero attached hydrogens (tertiary/aromatic N) is 2. The highest BCUT2D eigenvalue weighted by atomic mass is 16.4. The highest BCUT2D eigenvalue weighted by molar-refractivity contribution is 5.97. The van der Waals surface area contributed by atoms with Gasteiger partial charge in [0.2, 0.25) is 5.91 Å². The zero-order valence-electron chi connectivity index (χ0n) is 14.4. The number of rotatable bonds is 2. The quantitative estimate of drug-likeness (QED) is 0.905. The fraction of sp³-hybridized carbons (Fsp3) is 0.500. The van der Waals surface area contributed by atoms with Gasteiger partial charge in [-0.1, -0.05) is 12.1 Å². The summed E-state index contributed by atoms with van der Waals surface area (Å²) in [5.41, 5.74) is 0.878. The molecule has 1 aromatic rings. The Morgan fingerprint density at radius 3 is 2.09 bits per heavy atom. The number of carbonyl (C=O) groups excluding carboxylic acids is 1.